The monoisotopic (exact) mass is 418 g/mol. The summed E-state index contributed by atoms with van der Waals surface area (Å²) in [4.78, 5) is 0.0379. The van der Waals surface area contributed by atoms with Crippen LogP contribution in [0.2, 0.25) is 0 Å². The van der Waals surface area contributed by atoms with Crippen LogP contribution < -0.4 is 14.2 Å². The Hall–Kier alpha value is -2.64. The van der Waals surface area contributed by atoms with Gasteiger partial charge in [0.05, 0.1) is 4.90 Å². The van der Waals surface area contributed by atoms with Crippen molar-refractivity contribution in [1.29, 1.82) is 0 Å². The van der Waals surface area contributed by atoms with Gasteiger partial charge in [0.1, 0.15) is 11.5 Å². The number of sulfonamides is 1. The van der Waals surface area contributed by atoms with Gasteiger partial charge in [0.15, 0.2) is 0 Å². The summed E-state index contributed by atoms with van der Waals surface area (Å²) in [5, 5.41) is 2.39. The summed E-state index contributed by atoms with van der Waals surface area (Å²) in [7, 11) is -6.87. The first kappa shape index (κ1) is 20.1. The first-order valence-corrected chi connectivity index (χ1v) is 11.3. The van der Waals surface area contributed by atoms with Gasteiger partial charge in [-0.15, -0.1) is 9.61 Å². The number of hydrogen-bond donors (Lipinski definition) is 1. The molecule has 0 unspecified atom stereocenters. The van der Waals surface area contributed by atoms with Crippen LogP contribution in [0.1, 0.15) is 0 Å². The Morgan fingerprint density at radius 1 is 0.750 bits per heavy atom. The van der Waals surface area contributed by atoms with Crippen molar-refractivity contribution in [3.63, 3.8) is 0 Å². The lowest BCUT2D eigenvalue weighted by molar-refractivity contribution is 0.326. The normalized spacial score (nSPS) is 11.9. The molecule has 28 heavy (non-hydrogen) atoms. The molecule has 0 aliphatic rings. The largest absolute Gasteiger partial charge is 0.527 e. The minimum Gasteiger partial charge on any atom is -0.404 e. The maximum absolute atomic E-state index is 13.4. The van der Waals surface area contributed by atoms with Crippen molar-refractivity contribution in [3.05, 3.63) is 91.0 Å². The SMILES string of the molecule is CN(NP(=O)(Oc1ccccc1)Oc1ccccc1)S(=O)(=O)c1ccccc1. The summed E-state index contributed by atoms with van der Waals surface area (Å²) < 4.78 is 50.6. The summed E-state index contributed by atoms with van der Waals surface area (Å²) in [6.45, 7) is 0. The topological polar surface area (TPSA) is 84.9 Å². The lowest BCUT2D eigenvalue weighted by Gasteiger charge is -2.25. The molecule has 0 saturated carbocycles. The van der Waals surface area contributed by atoms with E-state index >= 15 is 0 Å². The van der Waals surface area contributed by atoms with E-state index in [0.29, 0.717) is 0 Å². The number of nitrogens with one attached hydrogen (secondary N) is 1. The van der Waals surface area contributed by atoms with Crippen molar-refractivity contribution in [1.82, 2.24) is 9.61 Å². The number of rotatable bonds is 8. The lowest BCUT2D eigenvalue weighted by Crippen LogP contribution is -2.39. The fourth-order valence-corrected chi connectivity index (χ4v) is 5.09. The Kier molecular flexibility index (Phi) is 6.16. The maximum Gasteiger partial charge on any atom is 0.527 e. The molecule has 1 N–H and O–H groups in total. The molecule has 0 amide bonds. The van der Waals surface area contributed by atoms with Gasteiger partial charge in [-0.25, -0.2) is 13.0 Å². The summed E-state index contributed by atoms with van der Waals surface area (Å²) in [6.07, 6.45) is 0. The highest BCUT2D eigenvalue weighted by molar-refractivity contribution is 7.89. The molecule has 3 rings (SSSR count). The van der Waals surface area contributed by atoms with Crippen molar-refractivity contribution in [2.24, 2.45) is 0 Å². The molecule has 0 aliphatic heterocycles. The van der Waals surface area contributed by atoms with Gasteiger partial charge in [0.2, 0.25) is 0 Å². The van der Waals surface area contributed by atoms with E-state index in [1.54, 1.807) is 78.9 Å². The Balaban J connectivity index is 1.89. The number of hydrogen-bond acceptors (Lipinski definition) is 5. The number of benzene rings is 3. The molecule has 0 heterocycles. The average Bonchev–Trinajstić information content (AvgIpc) is 2.70. The van der Waals surface area contributed by atoms with Crippen molar-refractivity contribution in [3.8, 4) is 11.5 Å². The van der Waals surface area contributed by atoms with Gasteiger partial charge in [0, 0.05) is 7.05 Å². The van der Waals surface area contributed by atoms with Crippen LogP contribution in [0.4, 0.5) is 0 Å². The number of para-hydroxylation sites is 2. The maximum atomic E-state index is 13.4. The van der Waals surface area contributed by atoms with E-state index in [1.807, 2.05) is 0 Å². The smallest absolute Gasteiger partial charge is 0.404 e. The van der Waals surface area contributed by atoms with Gasteiger partial charge in [-0.1, -0.05) is 54.6 Å². The molecule has 0 bridgehead atoms. The van der Waals surface area contributed by atoms with Crippen LogP contribution in [-0.4, -0.2) is 19.9 Å². The van der Waals surface area contributed by atoms with Crippen LogP contribution in [0, 0.1) is 0 Å². The van der Waals surface area contributed by atoms with E-state index in [4.69, 9.17) is 9.05 Å². The summed E-state index contributed by atoms with van der Waals surface area (Å²) in [5.74, 6) is 0.527. The Bertz CT molecular complexity index is 1000. The zero-order valence-corrected chi connectivity index (χ0v) is 16.7. The second kappa shape index (κ2) is 8.58. The molecule has 146 valence electrons. The fraction of sp³-hybridized carbons (Fsp3) is 0.0526. The predicted molar refractivity (Wildman–Crippen MR) is 106 cm³/mol. The minimum absolute atomic E-state index is 0.0379. The molecular weight excluding hydrogens is 399 g/mol. The van der Waals surface area contributed by atoms with Crippen LogP contribution in [0.25, 0.3) is 0 Å². The molecule has 0 aromatic heterocycles. The van der Waals surface area contributed by atoms with Crippen LogP contribution in [0.3, 0.4) is 0 Å². The Labute approximate surface area is 164 Å². The zero-order chi connectivity index (χ0) is 20.0. The third-order valence-corrected chi connectivity index (χ3v) is 6.87. The van der Waals surface area contributed by atoms with Crippen LogP contribution in [-0.2, 0) is 14.6 Å². The zero-order valence-electron chi connectivity index (χ0n) is 15.0. The highest BCUT2D eigenvalue weighted by Gasteiger charge is 2.35. The third kappa shape index (κ3) is 4.99. The van der Waals surface area contributed by atoms with Crippen LogP contribution in [0.5, 0.6) is 11.5 Å². The quantitative estimate of drug-likeness (QED) is 0.438. The predicted octanol–water partition coefficient (Wildman–Crippen LogP) is 4.08. The van der Waals surface area contributed by atoms with Crippen LogP contribution in [0.15, 0.2) is 95.9 Å². The highest BCUT2D eigenvalue weighted by atomic mass is 32.2. The van der Waals surface area contributed by atoms with Crippen LogP contribution >= 0.6 is 7.75 Å². The van der Waals surface area contributed by atoms with Gasteiger partial charge in [-0.05, 0) is 36.4 Å². The molecule has 0 radical (unpaired) electrons. The molecule has 0 aliphatic carbocycles. The Morgan fingerprint density at radius 2 is 1.14 bits per heavy atom. The third-order valence-electron chi connectivity index (χ3n) is 3.60. The molecule has 0 fully saturated rings. The van der Waals surface area contributed by atoms with E-state index < -0.39 is 17.8 Å². The summed E-state index contributed by atoms with van der Waals surface area (Å²) in [6, 6.07) is 24.5. The molecule has 0 saturated heterocycles. The molecule has 0 atom stereocenters. The summed E-state index contributed by atoms with van der Waals surface area (Å²) in [5.41, 5.74) is 0. The lowest BCUT2D eigenvalue weighted by atomic mass is 10.3. The van der Waals surface area contributed by atoms with E-state index in [0.717, 1.165) is 4.41 Å². The molecular formula is C19H19N2O5PS. The molecule has 9 heteroatoms. The van der Waals surface area contributed by atoms with Crippen molar-refractivity contribution < 1.29 is 22.0 Å². The average molecular weight is 418 g/mol. The molecule has 7 nitrogen and oxygen atoms in total. The van der Waals surface area contributed by atoms with Gasteiger partial charge < -0.3 is 9.05 Å². The number of hydrazine groups is 1. The van der Waals surface area contributed by atoms with Crippen molar-refractivity contribution in [2.45, 2.75) is 4.90 Å². The van der Waals surface area contributed by atoms with Crippen molar-refractivity contribution >= 4 is 17.8 Å². The van der Waals surface area contributed by atoms with Gasteiger partial charge in [0.25, 0.3) is 10.0 Å². The van der Waals surface area contributed by atoms with Gasteiger partial charge >= 0.3 is 7.75 Å². The van der Waals surface area contributed by atoms with E-state index in [2.05, 4.69) is 5.20 Å². The molecule has 3 aromatic rings. The van der Waals surface area contributed by atoms with Gasteiger partial charge in [-0.2, -0.15) is 0 Å². The summed E-state index contributed by atoms with van der Waals surface area (Å²) >= 11 is 0. The first-order chi connectivity index (χ1) is 13.4. The fourth-order valence-electron chi connectivity index (χ4n) is 2.28. The molecule has 0 spiro atoms. The second-order valence-electron chi connectivity index (χ2n) is 5.69. The standard InChI is InChI=1S/C19H19N2O5PS/c1-21(28(23,24)19-15-9-4-10-16-19)20-27(22,25-17-11-5-2-6-12-17)26-18-13-7-3-8-14-18/h2-16H,1H3,(H,20,22). The van der Waals surface area contributed by atoms with E-state index in [-0.39, 0.29) is 16.4 Å². The Morgan fingerprint density at radius 3 is 1.57 bits per heavy atom. The van der Waals surface area contributed by atoms with E-state index in [9.17, 15) is 13.0 Å². The van der Waals surface area contributed by atoms with E-state index in [1.165, 1.54) is 19.2 Å². The van der Waals surface area contributed by atoms with Crippen molar-refractivity contribution in [2.75, 3.05) is 7.05 Å². The first-order valence-electron chi connectivity index (χ1n) is 8.30. The number of nitrogens with zero attached hydrogens (tertiary/aromatic N) is 1. The molecule has 3 aromatic carbocycles. The minimum atomic E-state index is -4.14. The van der Waals surface area contributed by atoms with Gasteiger partial charge in [-0.3, -0.25) is 0 Å². The highest BCUT2D eigenvalue weighted by Crippen LogP contribution is 2.45. The second-order valence-corrected chi connectivity index (χ2v) is 9.22.